The molecule has 1 aromatic heterocycles. The van der Waals surface area contributed by atoms with E-state index < -0.39 is 0 Å². The SMILES string of the molecule is Nc1ncc(Cc2ccc3c(c2)OCCO3)[nH]1. The van der Waals surface area contributed by atoms with E-state index in [2.05, 4.69) is 9.97 Å². The van der Waals surface area contributed by atoms with E-state index in [1.165, 1.54) is 0 Å². The second-order valence-corrected chi connectivity index (χ2v) is 3.95. The predicted molar refractivity (Wildman–Crippen MR) is 63.2 cm³/mol. The van der Waals surface area contributed by atoms with Crippen LogP contribution >= 0.6 is 0 Å². The van der Waals surface area contributed by atoms with Gasteiger partial charge in [-0.3, -0.25) is 0 Å². The van der Waals surface area contributed by atoms with Gasteiger partial charge in [-0.15, -0.1) is 0 Å². The first kappa shape index (κ1) is 10.0. The third-order valence-electron chi connectivity index (χ3n) is 2.65. The van der Waals surface area contributed by atoms with Crippen LogP contribution in [0.15, 0.2) is 24.4 Å². The molecular weight excluding hydrogens is 218 g/mol. The largest absolute Gasteiger partial charge is 0.486 e. The van der Waals surface area contributed by atoms with Gasteiger partial charge in [0.25, 0.3) is 0 Å². The van der Waals surface area contributed by atoms with Crippen molar-refractivity contribution in [3.05, 3.63) is 35.7 Å². The number of benzene rings is 1. The van der Waals surface area contributed by atoms with Gasteiger partial charge in [0.15, 0.2) is 17.4 Å². The molecule has 3 rings (SSSR count). The highest BCUT2D eigenvalue weighted by Gasteiger charge is 2.12. The highest BCUT2D eigenvalue weighted by molar-refractivity contribution is 5.44. The van der Waals surface area contributed by atoms with Crippen molar-refractivity contribution < 1.29 is 9.47 Å². The number of hydrogen-bond donors (Lipinski definition) is 2. The second-order valence-electron chi connectivity index (χ2n) is 3.95. The Kier molecular flexibility index (Phi) is 2.36. The van der Waals surface area contributed by atoms with Crippen molar-refractivity contribution in [3.8, 4) is 11.5 Å². The monoisotopic (exact) mass is 231 g/mol. The number of H-pyrrole nitrogens is 1. The van der Waals surface area contributed by atoms with Crippen molar-refractivity contribution in [1.29, 1.82) is 0 Å². The number of aromatic amines is 1. The summed E-state index contributed by atoms with van der Waals surface area (Å²) in [7, 11) is 0. The summed E-state index contributed by atoms with van der Waals surface area (Å²) < 4.78 is 11.0. The van der Waals surface area contributed by atoms with Gasteiger partial charge in [-0.05, 0) is 17.7 Å². The molecule has 5 heteroatoms. The number of aromatic nitrogens is 2. The summed E-state index contributed by atoms with van der Waals surface area (Å²) in [6.45, 7) is 1.22. The van der Waals surface area contributed by atoms with Gasteiger partial charge in [0.1, 0.15) is 13.2 Å². The Morgan fingerprint density at radius 2 is 2.06 bits per heavy atom. The van der Waals surface area contributed by atoms with Gasteiger partial charge >= 0.3 is 0 Å². The smallest absolute Gasteiger partial charge is 0.197 e. The van der Waals surface area contributed by atoms with Crippen LogP contribution in [0.2, 0.25) is 0 Å². The number of nitrogens with two attached hydrogens (primary N) is 1. The minimum Gasteiger partial charge on any atom is -0.486 e. The molecule has 1 aromatic carbocycles. The Bertz CT molecular complexity index is 536. The predicted octanol–water partition coefficient (Wildman–Crippen LogP) is 1.35. The quantitative estimate of drug-likeness (QED) is 0.818. The Labute approximate surface area is 98.6 Å². The van der Waals surface area contributed by atoms with Gasteiger partial charge in [0.2, 0.25) is 0 Å². The Morgan fingerprint density at radius 1 is 1.24 bits per heavy atom. The summed E-state index contributed by atoms with van der Waals surface area (Å²) >= 11 is 0. The molecule has 0 aliphatic carbocycles. The van der Waals surface area contributed by atoms with E-state index in [1.54, 1.807) is 6.20 Å². The molecule has 2 heterocycles. The van der Waals surface area contributed by atoms with Crippen LogP contribution < -0.4 is 15.2 Å². The molecule has 0 atom stereocenters. The fourth-order valence-corrected chi connectivity index (χ4v) is 1.88. The van der Waals surface area contributed by atoms with Crippen molar-refractivity contribution in [3.63, 3.8) is 0 Å². The number of nitrogen functional groups attached to an aromatic ring is 1. The summed E-state index contributed by atoms with van der Waals surface area (Å²) in [4.78, 5) is 6.97. The number of anilines is 1. The maximum absolute atomic E-state index is 5.53. The zero-order valence-corrected chi connectivity index (χ0v) is 9.27. The van der Waals surface area contributed by atoms with E-state index in [1.807, 2.05) is 18.2 Å². The highest BCUT2D eigenvalue weighted by atomic mass is 16.6. The molecule has 0 radical (unpaired) electrons. The van der Waals surface area contributed by atoms with Crippen LogP contribution in [-0.4, -0.2) is 23.2 Å². The van der Waals surface area contributed by atoms with Gasteiger partial charge < -0.3 is 20.2 Å². The second kappa shape index (κ2) is 4.01. The molecular formula is C12H13N3O2. The first-order chi connectivity index (χ1) is 8.31. The molecule has 0 unspecified atom stereocenters. The standard InChI is InChI=1S/C12H13N3O2/c13-12-14-7-9(15-12)5-8-1-2-10-11(6-8)17-4-3-16-10/h1-2,6-7H,3-5H2,(H3,13,14,15). The van der Waals surface area contributed by atoms with Gasteiger partial charge in [0, 0.05) is 12.1 Å². The van der Waals surface area contributed by atoms with E-state index in [0.717, 1.165) is 29.2 Å². The number of hydrogen-bond acceptors (Lipinski definition) is 4. The van der Waals surface area contributed by atoms with Crippen LogP contribution in [0.3, 0.4) is 0 Å². The van der Waals surface area contributed by atoms with E-state index >= 15 is 0 Å². The molecule has 0 bridgehead atoms. The van der Waals surface area contributed by atoms with Gasteiger partial charge in [0.05, 0.1) is 6.20 Å². The molecule has 0 fully saturated rings. The Hall–Kier alpha value is -2.17. The molecule has 1 aliphatic heterocycles. The first-order valence-electron chi connectivity index (χ1n) is 5.49. The lowest BCUT2D eigenvalue weighted by atomic mass is 10.1. The lowest BCUT2D eigenvalue weighted by Crippen LogP contribution is -2.15. The fraction of sp³-hybridized carbons (Fsp3) is 0.250. The zero-order valence-electron chi connectivity index (χ0n) is 9.27. The summed E-state index contributed by atoms with van der Waals surface area (Å²) in [6.07, 6.45) is 2.49. The number of imidazole rings is 1. The fourth-order valence-electron chi connectivity index (χ4n) is 1.88. The summed E-state index contributed by atoms with van der Waals surface area (Å²) in [5, 5.41) is 0. The molecule has 0 saturated heterocycles. The third kappa shape index (κ3) is 2.04. The van der Waals surface area contributed by atoms with Crippen molar-refractivity contribution in [1.82, 2.24) is 9.97 Å². The molecule has 88 valence electrons. The molecule has 0 spiro atoms. The van der Waals surface area contributed by atoms with Crippen LogP contribution in [0, 0.1) is 0 Å². The van der Waals surface area contributed by atoms with Crippen LogP contribution in [0.25, 0.3) is 0 Å². The molecule has 0 saturated carbocycles. The van der Waals surface area contributed by atoms with E-state index in [9.17, 15) is 0 Å². The molecule has 1 aliphatic rings. The minimum absolute atomic E-state index is 0.442. The maximum Gasteiger partial charge on any atom is 0.197 e. The topological polar surface area (TPSA) is 73.2 Å². The molecule has 17 heavy (non-hydrogen) atoms. The lowest BCUT2D eigenvalue weighted by molar-refractivity contribution is 0.171. The number of ether oxygens (including phenoxy) is 2. The van der Waals surface area contributed by atoms with Crippen LogP contribution in [0.1, 0.15) is 11.3 Å². The van der Waals surface area contributed by atoms with Crippen molar-refractivity contribution in [2.45, 2.75) is 6.42 Å². The molecule has 0 amide bonds. The molecule has 2 aromatic rings. The van der Waals surface area contributed by atoms with Crippen molar-refractivity contribution >= 4 is 5.95 Å². The van der Waals surface area contributed by atoms with Gasteiger partial charge in [-0.2, -0.15) is 0 Å². The Balaban J connectivity index is 1.84. The lowest BCUT2D eigenvalue weighted by Gasteiger charge is -2.18. The molecule has 5 nitrogen and oxygen atoms in total. The van der Waals surface area contributed by atoms with Gasteiger partial charge in [-0.1, -0.05) is 6.07 Å². The van der Waals surface area contributed by atoms with E-state index in [0.29, 0.717) is 19.2 Å². The van der Waals surface area contributed by atoms with Crippen molar-refractivity contribution in [2.75, 3.05) is 18.9 Å². The average molecular weight is 231 g/mol. The third-order valence-corrected chi connectivity index (χ3v) is 2.65. The zero-order chi connectivity index (χ0) is 11.7. The summed E-state index contributed by atoms with van der Waals surface area (Å²) in [5.74, 6) is 2.06. The number of fused-ring (bicyclic) bond motifs is 1. The van der Waals surface area contributed by atoms with Crippen LogP contribution in [0.4, 0.5) is 5.95 Å². The Morgan fingerprint density at radius 3 is 2.82 bits per heavy atom. The number of nitrogens with zero attached hydrogens (tertiary/aromatic N) is 1. The first-order valence-corrected chi connectivity index (χ1v) is 5.49. The maximum atomic E-state index is 5.53. The number of rotatable bonds is 2. The van der Waals surface area contributed by atoms with Crippen LogP contribution in [-0.2, 0) is 6.42 Å². The molecule has 3 N–H and O–H groups in total. The summed E-state index contributed by atoms with van der Waals surface area (Å²) in [5.41, 5.74) is 7.65. The highest BCUT2D eigenvalue weighted by Crippen LogP contribution is 2.31. The van der Waals surface area contributed by atoms with Gasteiger partial charge in [-0.25, -0.2) is 4.98 Å². The van der Waals surface area contributed by atoms with Crippen molar-refractivity contribution in [2.24, 2.45) is 0 Å². The average Bonchev–Trinajstić information content (AvgIpc) is 2.75. The minimum atomic E-state index is 0.442. The normalized spacial score (nSPS) is 13.6. The van der Waals surface area contributed by atoms with E-state index in [-0.39, 0.29) is 0 Å². The van der Waals surface area contributed by atoms with Crippen LogP contribution in [0.5, 0.6) is 11.5 Å². The number of nitrogens with one attached hydrogen (secondary N) is 1. The summed E-state index contributed by atoms with van der Waals surface area (Å²) in [6, 6.07) is 5.94. The van der Waals surface area contributed by atoms with E-state index in [4.69, 9.17) is 15.2 Å².